The molecule has 1 aliphatic rings. The fourth-order valence-electron chi connectivity index (χ4n) is 4.99. The Hall–Kier alpha value is -4.36. The van der Waals surface area contributed by atoms with E-state index in [9.17, 15) is 18.5 Å². The summed E-state index contributed by atoms with van der Waals surface area (Å²) >= 11 is 0. The first-order valence-electron chi connectivity index (χ1n) is 12.2. The molecule has 0 bridgehead atoms. The molecule has 2 atom stereocenters. The van der Waals surface area contributed by atoms with Crippen molar-refractivity contribution in [2.75, 3.05) is 25.0 Å². The van der Waals surface area contributed by atoms with Gasteiger partial charge >= 0.3 is 6.09 Å². The van der Waals surface area contributed by atoms with Crippen molar-refractivity contribution in [3.8, 4) is 6.07 Å². The Bertz CT molecular complexity index is 1610. The zero-order chi connectivity index (χ0) is 26.9. The van der Waals surface area contributed by atoms with E-state index in [0.29, 0.717) is 29.7 Å². The van der Waals surface area contributed by atoms with Crippen LogP contribution in [0.25, 0.3) is 11.0 Å². The van der Waals surface area contributed by atoms with Crippen LogP contribution in [0.5, 0.6) is 0 Å². The summed E-state index contributed by atoms with van der Waals surface area (Å²) in [5.74, 6) is 0.0779. The van der Waals surface area contributed by atoms with Crippen molar-refractivity contribution in [1.82, 2.24) is 13.9 Å². The van der Waals surface area contributed by atoms with Gasteiger partial charge in [0.1, 0.15) is 12.7 Å². The maximum Gasteiger partial charge on any atom is 0.410 e. The lowest BCUT2D eigenvalue weighted by Gasteiger charge is -2.30. The Morgan fingerprint density at radius 3 is 2.47 bits per heavy atom. The topological polar surface area (TPSA) is 109 Å². The predicted octanol–water partition coefficient (Wildman–Crippen LogP) is 4.24. The maximum atomic E-state index is 13.3. The molecule has 194 valence electrons. The lowest BCUT2D eigenvalue weighted by molar-refractivity contribution is 0.103. The number of benzene rings is 2. The van der Waals surface area contributed by atoms with Crippen molar-refractivity contribution < 1.29 is 17.9 Å². The third-order valence-electron chi connectivity index (χ3n) is 6.96. The fourth-order valence-corrected chi connectivity index (χ4v) is 6.31. The van der Waals surface area contributed by atoms with Gasteiger partial charge in [-0.1, -0.05) is 55.5 Å². The largest absolute Gasteiger partial charge is 0.445 e. The van der Waals surface area contributed by atoms with E-state index in [1.165, 1.54) is 24.5 Å². The van der Waals surface area contributed by atoms with Gasteiger partial charge in [-0.2, -0.15) is 5.26 Å². The third kappa shape index (κ3) is 4.57. The van der Waals surface area contributed by atoms with E-state index in [1.54, 1.807) is 29.2 Å². The smallest absolute Gasteiger partial charge is 0.410 e. The molecule has 9 nitrogen and oxygen atoms in total. The lowest BCUT2D eigenvalue weighted by Crippen LogP contribution is -2.39. The number of aromatic nitrogens is 2. The zero-order valence-electron chi connectivity index (χ0n) is 21.1. The number of fused-ring (bicyclic) bond motifs is 1. The Balaban J connectivity index is 1.43. The molecule has 1 fully saturated rings. The molecule has 1 amide bonds. The predicted molar refractivity (Wildman–Crippen MR) is 143 cm³/mol. The summed E-state index contributed by atoms with van der Waals surface area (Å²) in [6.45, 7) is 3.14. The van der Waals surface area contributed by atoms with Gasteiger partial charge in [-0.25, -0.2) is 22.2 Å². The minimum Gasteiger partial charge on any atom is -0.445 e. The summed E-state index contributed by atoms with van der Waals surface area (Å²) in [4.78, 5) is 20.9. The van der Waals surface area contributed by atoms with Crippen LogP contribution in [-0.4, -0.2) is 54.5 Å². The molecular formula is C28H27N5O4S. The molecule has 0 aliphatic carbocycles. The number of nitrogens with zero attached hydrogens (tertiary/aromatic N) is 5. The van der Waals surface area contributed by atoms with Crippen LogP contribution in [0.3, 0.4) is 0 Å². The highest BCUT2D eigenvalue weighted by Crippen LogP contribution is 2.35. The van der Waals surface area contributed by atoms with E-state index < -0.39 is 16.1 Å². The zero-order valence-corrected chi connectivity index (χ0v) is 21.9. The number of likely N-dealkylation sites (N-methyl/N-ethyl adjacent to an activating group) is 1. The number of nitriles is 1. The molecule has 0 saturated carbocycles. The molecule has 0 spiro atoms. The van der Waals surface area contributed by atoms with E-state index in [4.69, 9.17) is 4.74 Å². The molecule has 38 heavy (non-hydrogen) atoms. The molecule has 1 saturated heterocycles. The SMILES string of the molecule is C[C@@H]1CN(C(=O)OCc2ccccc2)CC1N(C)c1c(C#N)cnc2c1ccn2S(=O)(=O)c1ccccc1. The molecule has 0 radical (unpaired) electrons. The first-order chi connectivity index (χ1) is 18.3. The van der Waals surface area contributed by atoms with Crippen molar-refractivity contribution in [1.29, 1.82) is 5.26 Å². The Labute approximate surface area is 221 Å². The van der Waals surface area contributed by atoms with Gasteiger partial charge in [0, 0.05) is 37.9 Å². The van der Waals surface area contributed by atoms with E-state index in [-0.39, 0.29) is 29.1 Å². The molecule has 3 heterocycles. The van der Waals surface area contributed by atoms with Gasteiger partial charge in [0.25, 0.3) is 10.0 Å². The fraction of sp³-hybridized carbons (Fsp3) is 0.250. The van der Waals surface area contributed by atoms with Gasteiger partial charge in [0.05, 0.1) is 22.2 Å². The average Bonchev–Trinajstić information content (AvgIpc) is 3.56. The maximum absolute atomic E-state index is 13.3. The number of amides is 1. The Morgan fingerprint density at radius 1 is 1.11 bits per heavy atom. The summed E-state index contributed by atoms with van der Waals surface area (Å²) in [6.07, 6.45) is 2.47. The van der Waals surface area contributed by atoms with Crippen LogP contribution < -0.4 is 4.90 Å². The molecule has 10 heteroatoms. The van der Waals surface area contributed by atoms with E-state index in [1.807, 2.05) is 49.2 Å². The quantitative estimate of drug-likeness (QED) is 0.368. The number of carbonyl (C=O) groups is 1. The van der Waals surface area contributed by atoms with Crippen molar-refractivity contribution in [3.05, 3.63) is 90.3 Å². The molecular weight excluding hydrogens is 502 g/mol. The summed E-state index contributed by atoms with van der Waals surface area (Å²) in [5.41, 5.74) is 2.05. The molecule has 4 aromatic rings. The van der Waals surface area contributed by atoms with E-state index >= 15 is 0 Å². The highest BCUT2D eigenvalue weighted by atomic mass is 32.2. The van der Waals surface area contributed by atoms with Crippen molar-refractivity contribution >= 4 is 32.8 Å². The van der Waals surface area contributed by atoms with E-state index in [0.717, 1.165) is 9.54 Å². The van der Waals surface area contributed by atoms with E-state index in [2.05, 4.69) is 11.1 Å². The van der Waals surface area contributed by atoms with Crippen LogP contribution in [0.1, 0.15) is 18.1 Å². The second-order valence-electron chi connectivity index (χ2n) is 9.40. The number of hydrogen-bond acceptors (Lipinski definition) is 7. The van der Waals surface area contributed by atoms with Crippen LogP contribution in [0.4, 0.5) is 10.5 Å². The lowest BCUT2D eigenvalue weighted by atomic mass is 10.0. The Kier molecular flexibility index (Phi) is 6.78. The summed E-state index contributed by atoms with van der Waals surface area (Å²) in [6, 6.07) is 21.4. The van der Waals surface area contributed by atoms with Crippen LogP contribution in [0.15, 0.2) is 84.0 Å². The van der Waals surface area contributed by atoms with Gasteiger partial charge in [-0.05, 0) is 29.7 Å². The molecule has 2 aromatic carbocycles. The second-order valence-corrected chi connectivity index (χ2v) is 11.2. The monoisotopic (exact) mass is 529 g/mol. The minimum atomic E-state index is -3.88. The van der Waals surface area contributed by atoms with Crippen molar-refractivity contribution in [2.45, 2.75) is 24.5 Å². The summed E-state index contributed by atoms with van der Waals surface area (Å²) in [7, 11) is -2.02. The molecule has 1 unspecified atom stereocenters. The number of hydrogen-bond donors (Lipinski definition) is 0. The van der Waals surface area contributed by atoms with Gasteiger partial charge in [-0.15, -0.1) is 0 Å². The van der Waals surface area contributed by atoms with Gasteiger partial charge in [0.2, 0.25) is 0 Å². The van der Waals surface area contributed by atoms with Crippen LogP contribution in [0.2, 0.25) is 0 Å². The van der Waals surface area contributed by atoms with Crippen LogP contribution >= 0.6 is 0 Å². The third-order valence-corrected chi connectivity index (χ3v) is 8.64. The highest BCUT2D eigenvalue weighted by Gasteiger charge is 2.37. The number of likely N-dealkylation sites (tertiary alicyclic amines) is 1. The number of ether oxygens (including phenoxy) is 1. The first-order valence-corrected chi connectivity index (χ1v) is 13.6. The number of rotatable bonds is 6. The molecule has 5 rings (SSSR count). The van der Waals surface area contributed by atoms with Crippen molar-refractivity contribution in [2.24, 2.45) is 5.92 Å². The highest BCUT2D eigenvalue weighted by molar-refractivity contribution is 7.90. The number of pyridine rings is 1. The summed E-state index contributed by atoms with van der Waals surface area (Å²) < 4.78 is 33.3. The first kappa shape index (κ1) is 25.3. The number of carbonyl (C=O) groups excluding carboxylic acids is 1. The van der Waals surface area contributed by atoms with Gasteiger partial charge in [-0.3, -0.25) is 0 Å². The number of anilines is 1. The molecule has 1 aliphatic heterocycles. The average molecular weight is 530 g/mol. The molecule has 0 N–H and O–H groups in total. The van der Waals surface area contributed by atoms with Gasteiger partial charge in [0.15, 0.2) is 5.65 Å². The minimum absolute atomic E-state index is 0.0779. The summed E-state index contributed by atoms with van der Waals surface area (Å²) in [5, 5.41) is 10.4. The normalized spacial score (nSPS) is 17.3. The Morgan fingerprint density at radius 2 is 1.79 bits per heavy atom. The molecule has 2 aromatic heterocycles. The second kappa shape index (κ2) is 10.2. The van der Waals surface area contributed by atoms with Crippen LogP contribution in [0, 0.1) is 17.2 Å². The van der Waals surface area contributed by atoms with Gasteiger partial charge < -0.3 is 14.5 Å². The van der Waals surface area contributed by atoms with Crippen molar-refractivity contribution in [3.63, 3.8) is 0 Å². The van der Waals surface area contributed by atoms with Crippen LogP contribution in [-0.2, 0) is 21.4 Å². The standard InChI is InChI=1S/C28H27N5O4S/c1-20-17-32(28(34)37-19-21-9-5-3-6-10-21)18-25(20)31(2)26-22(15-29)16-30-27-24(26)13-14-33(27)38(35,36)23-11-7-4-8-12-23/h3-14,16,20,25H,17-19H2,1-2H3/t20-,25?/m1/s1.